The molecule has 0 aliphatic carbocycles. The molecule has 1 aliphatic heterocycles. The Morgan fingerprint density at radius 2 is 1.93 bits per heavy atom. The van der Waals surface area contributed by atoms with Crippen molar-refractivity contribution in [3.8, 4) is 0 Å². The molecule has 0 amide bonds. The van der Waals surface area contributed by atoms with Crippen molar-refractivity contribution in [2.45, 2.75) is 6.30 Å². The summed E-state index contributed by atoms with van der Waals surface area (Å²) in [6.45, 7) is -0.480. The molecule has 2 rings (SSSR count). The molecule has 0 unspecified atom stereocenters. The molecular formula is C9H8F3N3. The first kappa shape index (κ1) is 9.82. The molecule has 15 heavy (non-hydrogen) atoms. The minimum atomic E-state index is -4.49. The van der Waals surface area contributed by atoms with Crippen LogP contribution in [0.4, 0.5) is 13.2 Å². The molecule has 0 radical (unpaired) electrons. The summed E-state index contributed by atoms with van der Waals surface area (Å²) < 4.78 is 37.4. The molecule has 2 N–H and O–H groups in total. The van der Waals surface area contributed by atoms with Gasteiger partial charge in [-0.1, -0.05) is 12.1 Å². The van der Waals surface area contributed by atoms with Gasteiger partial charge in [-0.3, -0.25) is 4.99 Å². The first-order valence-corrected chi connectivity index (χ1v) is 4.24. The highest BCUT2D eigenvalue weighted by molar-refractivity contribution is 5.39. The van der Waals surface area contributed by atoms with Crippen LogP contribution in [0.2, 0.25) is 0 Å². The van der Waals surface area contributed by atoms with Gasteiger partial charge in [0.2, 0.25) is 0 Å². The summed E-state index contributed by atoms with van der Waals surface area (Å²) in [4.78, 5) is 3.92. The molecule has 1 aromatic rings. The zero-order chi connectivity index (χ0) is 11.1. The van der Waals surface area contributed by atoms with Crippen LogP contribution in [0, 0.1) is 0 Å². The third kappa shape index (κ3) is 1.62. The normalized spacial score (nSPS) is 15.9. The fourth-order valence-electron chi connectivity index (χ4n) is 1.41. The summed E-state index contributed by atoms with van der Waals surface area (Å²) in [5, 5.41) is 0.816. The van der Waals surface area contributed by atoms with Gasteiger partial charge in [0.1, 0.15) is 12.5 Å². The first-order chi connectivity index (χ1) is 7.00. The van der Waals surface area contributed by atoms with E-state index in [9.17, 15) is 13.2 Å². The molecule has 1 aromatic carbocycles. The van der Waals surface area contributed by atoms with E-state index < -0.39 is 13.0 Å². The van der Waals surface area contributed by atoms with E-state index in [1.54, 1.807) is 18.2 Å². The van der Waals surface area contributed by atoms with Crippen molar-refractivity contribution in [2.24, 2.45) is 10.7 Å². The number of alkyl halides is 3. The highest BCUT2D eigenvalue weighted by Crippen LogP contribution is 2.23. The monoisotopic (exact) mass is 215 g/mol. The van der Waals surface area contributed by atoms with Crippen LogP contribution in [0.3, 0.4) is 0 Å². The van der Waals surface area contributed by atoms with Crippen molar-refractivity contribution in [3.05, 3.63) is 34.8 Å². The van der Waals surface area contributed by atoms with Crippen molar-refractivity contribution in [2.75, 3.05) is 6.67 Å². The van der Waals surface area contributed by atoms with Crippen LogP contribution in [0.15, 0.2) is 29.3 Å². The van der Waals surface area contributed by atoms with Crippen molar-refractivity contribution in [3.63, 3.8) is 0 Å². The second-order valence-corrected chi connectivity index (χ2v) is 3.10. The van der Waals surface area contributed by atoms with E-state index in [2.05, 4.69) is 4.99 Å². The zero-order valence-electron chi connectivity index (χ0n) is 7.62. The Labute approximate surface area is 83.3 Å². The van der Waals surface area contributed by atoms with Gasteiger partial charge in [-0.25, -0.2) is 4.90 Å². The molecule has 0 saturated carbocycles. The maximum atomic E-state index is 12.5. The number of nitrogens with two attached hydrogens (primary N) is 1. The van der Waals surface area contributed by atoms with Gasteiger partial charge in [-0.2, -0.15) is 0 Å². The molecule has 0 aromatic heterocycles. The predicted molar refractivity (Wildman–Crippen MR) is 47.6 cm³/mol. The molecule has 1 aliphatic rings. The van der Waals surface area contributed by atoms with Crippen molar-refractivity contribution >= 4 is 5.82 Å². The first-order valence-electron chi connectivity index (χ1n) is 4.24. The number of rotatable bonds is 0. The summed E-state index contributed by atoms with van der Waals surface area (Å²) in [6.07, 6.45) is -4.49. The number of hydrogen-bond acceptors (Lipinski definition) is 3. The molecule has 0 bridgehead atoms. The molecule has 0 spiro atoms. The summed E-state index contributed by atoms with van der Waals surface area (Å²) >= 11 is 0. The van der Waals surface area contributed by atoms with Crippen molar-refractivity contribution in [1.29, 1.82) is 0 Å². The molecule has 6 heteroatoms. The van der Waals surface area contributed by atoms with Crippen LogP contribution >= 0.6 is 0 Å². The second-order valence-electron chi connectivity index (χ2n) is 3.10. The molecular weight excluding hydrogens is 207 g/mol. The van der Waals surface area contributed by atoms with Crippen LogP contribution in [0.1, 0.15) is 0 Å². The SMILES string of the molecule is NC1=c2ccccc2=NCN1C(F)(F)F. The lowest BCUT2D eigenvalue weighted by atomic mass is 10.2. The number of benzene rings is 1. The van der Waals surface area contributed by atoms with Gasteiger partial charge in [0.15, 0.2) is 0 Å². The second kappa shape index (κ2) is 3.15. The summed E-state index contributed by atoms with van der Waals surface area (Å²) in [6, 6.07) is 6.49. The van der Waals surface area contributed by atoms with Gasteiger partial charge >= 0.3 is 6.30 Å². The van der Waals surface area contributed by atoms with Crippen molar-refractivity contribution in [1.82, 2.24) is 4.90 Å². The summed E-state index contributed by atoms with van der Waals surface area (Å²) in [5.41, 5.74) is 5.44. The van der Waals surface area contributed by atoms with Crippen LogP contribution in [-0.4, -0.2) is 17.9 Å². The fourth-order valence-corrected chi connectivity index (χ4v) is 1.41. The van der Waals surface area contributed by atoms with E-state index in [1.165, 1.54) is 6.07 Å². The Balaban J connectivity index is 2.63. The molecule has 80 valence electrons. The standard InChI is InChI=1S/C9H8F3N3/c10-9(11,12)15-5-14-7-4-2-1-3-6(7)8(15)13/h1-4H,5,13H2. The average molecular weight is 215 g/mol. The fraction of sp³-hybridized carbons (Fsp3) is 0.222. The number of fused-ring (bicyclic) bond motifs is 1. The van der Waals surface area contributed by atoms with Crippen LogP contribution < -0.4 is 16.3 Å². The van der Waals surface area contributed by atoms with E-state index in [0.29, 0.717) is 10.6 Å². The quantitative estimate of drug-likeness (QED) is 0.625. The summed E-state index contributed by atoms with van der Waals surface area (Å²) in [7, 11) is 0. The number of nitrogens with zero attached hydrogens (tertiary/aromatic N) is 2. The molecule has 0 saturated heterocycles. The number of para-hydroxylation sites is 1. The Hall–Kier alpha value is -1.72. The Bertz CT molecular complexity index is 492. The maximum absolute atomic E-state index is 12.5. The molecule has 1 heterocycles. The summed E-state index contributed by atoms with van der Waals surface area (Å²) in [5.74, 6) is -0.298. The Kier molecular flexibility index (Phi) is 2.06. The van der Waals surface area contributed by atoms with Crippen LogP contribution in [0.25, 0.3) is 5.82 Å². The Morgan fingerprint density at radius 3 is 2.60 bits per heavy atom. The highest BCUT2D eigenvalue weighted by atomic mass is 19.4. The largest absolute Gasteiger partial charge is 0.487 e. The average Bonchev–Trinajstić information content (AvgIpc) is 2.16. The van der Waals surface area contributed by atoms with Gasteiger partial charge in [-0.05, 0) is 12.1 Å². The van der Waals surface area contributed by atoms with Crippen molar-refractivity contribution < 1.29 is 13.2 Å². The lowest BCUT2D eigenvalue weighted by molar-refractivity contribution is -0.223. The number of halogens is 3. The minimum Gasteiger partial charge on any atom is -0.385 e. The van der Waals surface area contributed by atoms with E-state index in [0.717, 1.165) is 0 Å². The Morgan fingerprint density at radius 1 is 1.27 bits per heavy atom. The van der Waals surface area contributed by atoms with Gasteiger partial charge in [0.25, 0.3) is 0 Å². The third-order valence-electron chi connectivity index (χ3n) is 2.16. The maximum Gasteiger partial charge on any atom is 0.487 e. The van der Waals surface area contributed by atoms with E-state index in [-0.39, 0.29) is 10.7 Å². The van der Waals surface area contributed by atoms with Gasteiger partial charge in [0.05, 0.1) is 5.36 Å². The smallest absolute Gasteiger partial charge is 0.385 e. The van der Waals surface area contributed by atoms with Gasteiger partial charge < -0.3 is 5.73 Å². The highest BCUT2D eigenvalue weighted by Gasteiger charge is 2.38. The predicted octanol–water partition coefficient (Wildman–Crippen LogP) is 0.123. The lowest BCUT2D eigenvalue weighted by Gasteiger charge is -2.27. The van der Waals surface area contributed by atoms with E-state index in [4.69, 9.17) is 5.73 Å². The van der Waals surface area contributed by atoms with Crippen LogP contribution in [0.5, 0.6) is 0 Å². The minimum absolute atomic E-state index is 0.120. The van der Waals surface area contributed by atoms with Gasteiger partial charge in [0, 0.05) is 5.22 Å². The zero-order valence-corrected chi connectivity index (χ0v) is 7.62. The van der Waals surface area contributed by atoms with Crippen LogP contribution in [-0.2, 0) is 0 Å². The van der Waals surface area contributed by atoms with E-state index >= 15 is 0 Å². The third-order valence-corrected chi connectivity index (χ3v) is 2.16. The number of hydrogen-bond donors (Lipinski definition) is 1. The molecule has 0 atom stereocenters. The van der Waals surface area contributed by atoms with Gasteiger partial charge in [-0.15, -0.1) is 13.2 Å². The topological polar surface area (TPSA) is 41.6 Å². The lowest BCUT2D eigenvalue weighted by Crippen LogP contribution is -2.49. The van der Waals surface area contributed by atoms with E-state index in [1.807, 2.05) is 0 Å². The molecule has 0 fully saturated rings. The molecule has 3 nitrogen and oxygen atoms in total.